The molecule has 24 heavy (non-hydrogen) atoms. The lowest BCUT2D eigenvalue weighted by Crippen LogP contribution is -2.21. The molecule has 3 rings (SSSR count). The molecular formula is C13H10N4O5S2. The van der Waals surface area contributed by atoms with Gasteiger partial charge in [-0.05, 0) is 6.92 Å². The number of sulfone groups is 1. The van der Waals surface area contributed by atoms with E-state index in [0.29, 0.717) is 5.13 Å². The molecule has 3 aromatic rings. The van der Waals surface area contributed by atoms with Gasteiger partial charge in [-0.1, -0.05) is 0 Å². The van der Waals surface area contributed by atoms with Crippen LogP contribution in [0.15, 0.2) is 27.7 Å². The minimum Gasteiger partial charge on any atom is -0.477 e. The molecule has 0 saturated heterocycles. The summed E-state index contributed by atoms with van der Waals surface area (Å²) in [7, 11) is -3.71. The average Bonchev–Trinajstić information content (AvgIpc) is 2.99. The summed E-state index contributed by atoms with van der Waals surface area (Å²) in [6, 6.07) is 0. The van der Waals surface area contributed by atoms with E-state index < -0.39 is 32.0 Å². The van der Waals surface area contributed by atoms with Crippen molar-refractivity contribution in [3.05, 3.63) is 39.3 Å². The van der Waals surface area contributed by atoms with E-state index in [0.717, 1.165) is 12.5 Å². The number of carboxylic acids is 1. The van der Waals surface area contributed by atoms with E-state index in [4.69, 9.17) is 0 Å². The van der Waals surface area contributed by atoms with Crippen LogP contribution in [0.1, 0.15) is 16.1 Å². The molecule has 0 spiro atoms. The summed E-state index contributed by atoms with van der Waals surface area (Å²) >= 11 is 1.18. The van der Waals surface area contributed by atoms with Crippen LogP contribution in [0.5, 0.6) is 0 Å². The second kappa shape index (κ2) is 5.46. The highest BCUT2D eigenvalue weighted by Gasteiger charge is 2.22. The largest absolute Gasteiger partial charge is 0.477 e. The molecular weight excluding hydrogens is 356 g/mol. The predicted molar refractivity (Wildman–Crippen MR) is 85.6 cm³/mol. The van der Waals surface area contributed by atoms with E-state index in [1.54, 1.807) is 5.38 Å². The van der Waals surface area contributed by atoms with E-state index >= 15 is 0 Å². The van der Waals surface area contributed by atoms with Gasteiger partial charge >= 0.3 is 5.97 Å². The van der Waals surface area contributed by atoms with Crippen LogP contribution in [-0.2, 0) is 9.84 Å². The molecule has 9 nitrogen and oxygen atoms in total. The summed E-state index contributed by atoms with van der Waals surface area (Å²) in [5.41, 5.74) is -1.17. The smallest absolute Gasteiger partial charge is 0.341 e. The second-order valence-corrected chi connectivity index (χ2v) is 7.71. The number of rotatable bonds is 3. The third-order valence-corrected chi connectivity index (χ3v) is 4.81. The van der Waals surface area contributed by atoms with Crippen molar-refractivity contribution < 1.29 is 18.3 Å². The fourth-order valence-corrected chi connectivity index (χ4v) is 3.33. The fourth-order valence-electron chi connectivity index (χ4n) is 2.16. The van der Waals surface area contributed by atoms with Gasteiger partial charge in [0.2, 0.25) is 20.4 Å². The third-order valence-electron chi connectivity index (χ3n) is 3.20. The molecule has 0 radical (unpaired) electrons. The van der Waals surface area contributed by atoms with Gasteiger partial charge < -0.3 is 5.11 Å². The zero-order valence-electron chi connectivity index (χ0n) is 12.4. The quantitative estimate of drug-likeness (QED) is 0.668. The zero-order chi connectivity index (χ0) is 17.6. The Morgan fingerprint density at radius 1 is 1.33 bits per heavy atom. The first-order chi connectivity index (χ1) is 11.2. The number of hydrogen-bond donors (Lipinski definition) is 1. The molecule has 0 amide bonds. The van der Waals surface area contributed by atoms with Gasteiger partial charge in [-0.15, -0.1) is 11.3 Å². The van der Waals surface area contributed by atoms with Crippen molar-refractivity contribution in [2.24, 2.45) is 0 Å². The normalized spacial score (nSPS) is 11.8. The first kappa shape index (κ1) is 16.2. The van der Waals surface area contributed by atoms with Gasteiger partial charge in [0.25, 0.3) is 0 Å². The van der Waals surface area contributed by atoms with Crippen molar-refractivity contribution >= 4 is 38.2 Å². The van der Waals surface area contributed by atoms with Crippen molar-refractivity contribution in [2.75, 3.05) is 6.26 Å². The molecule has 0 atom stereocenters. The van der Waals surface area contributed by atoms with E-state index in [1.165, 1.54) is 29.0 Å². The second-order valence-electron chi connectivity index (χ2n) is 4.92. The fraction of sp³-hybridized carbons (Fsp3) is 0.154. The molecule has 0 aliphatic rings. The standard InChI is InChI=1S/C13H10N4O5S2/c1-6-8-9(18)7(11(19)20)5-17(13-14-3-4-23-13)10(8)16-12(15-6)24(2,21)22/h3-5H,1-2H3,(H,19,20). The van der Waals surface area contributed by atoms with Gasteiger partial charge in [0.05, 0.1) is 11.1 Å². The van der Waals surface area contributed by atoms with Gasteiger partial charge in [0.15, 0.2) is 10.8 Å². The third kappa shape index (κ3) is 2.57. The maximum absolute atomic E-state index is 12.4. The highest BCUT2D eigenvalue weighted by atomic mass is 32.2. The maximum Gasteiger partial charge on any atom is 0.341 e. The monoisotopic (exact) mass is 366 g/mol. The molecule has 3 aromatic heterocycles. The summed E-state index contributed by atoms with van der Waals surface area (Å²) in [6.07, 6.45) is 3.53. The molecule has 124 valence electrons. The summed E-state index contributed by atoms with van der Waals surface area (Å²) in [5.74, 6) is -1.40. The average molecular weight is 366 g/mol. The molecule has 1 N–H and O–H groups in total. The highest BCUT2D eigenvalue weighted by molar-refractivity contribution is 7.90. The molecule has 0 aliphatic carbocycles. The number of pyridine rings is 1. The lowest BCUT2D eigenvalue weighted by Gasteiger charge is -2.11. The number of nitrogens with zero attached hydrogens (tertiary/aromatic N) is 4. The van der Waals surface area contributed by atoms with Crippen LogP contribution < -0.4 is 5.43 Å². The van der Waals surface area contributed by atoms with Crippen molar-refractivity contribution in [3.63, 3.8) is 0 Å². The Bertz CT molecular complexity index is 1130. The molecule has 11 heteroatoms. The number of thiazole rings is 1. The van der Waals surface area contributed by atoms with Crippen LogP contribution >= 0.6 is 11.3 Å². The predicted octanol–water partition coefficient (Wildman–Crippen LogP) is 0.647. The molecule has 0 saturated carbocycles. The Morgan fingerprint density at radius 3 is 2.58 bits per heavy atom. The first-order valence-corrected chi connectivity index (χ1v) is 9.24. The Labute approximate surface area is 139 Å². The molecule has 0 aliphatic heterocycles. The lowest BCUT2D eigenvalue weighted by atomic mass is 10.2. The Balaban J connectivity index is 2.56. The van der Waals surface area contributed by atoms with E-state index in [-0.39, 0.29) is 16.7 Å². The van der Waals surface area contributed by atoms with Gasteiger partial charge in [0.1, 0.15) is 5.56 Å². The molecule has 0 aromatic carbocycles. The van der Waals surface area contributed by atoms with Crippen molar-refractivity contribution in [2.45, 2.75) is 12.1 Å². The van der Waals surface area contributed by atoms with E-state index in [1.807, 2.05) is 0 Å². The van der Waals surface area contributed by atoms with E-state index in [9.17, 15) is 23.1 Å². The number of aromatic carboxylic acids is 1. The number of fused-ring (bicyclic) bond motifs is 1. The number of aromatic nitrogens is 4. The number of carboxylic acid groups (broad SMARTS) is 1. The maximum atomic E-state index is 12.4. The first-order valence-electron chi connectivity index (χ1n) is 6.47. The molecule has 0 bridgehead atoms. The van der Waals surface area contributed by atoms with Crippen molar-refractivity contribution in [1.82, 2.24) is 19.5 Å². The number of aryl methyl sites for hydroxylation is 1. The number of hydrogen-bond acceptors (Lipinski definition) is 8. The molecule has 0 unspecified atom stereocenters. The lowest BCUT2D eigenvalue weighted by molar-refractivity contribution is 0.0695. The zero-order valence-corrected chi connectivity index (χ0v) is 14.1. The summed E-state index contributed by atoms with van der Waals surface area (Å²) in [5, 5.41) is 10.8. The SMILES string of the molecule is Cc1nc(S(C)(=O)=O)nc2c1c(=O)c(C(=O)O)cn2-c1nccs1. The van der Waals surface area contributed by atoms with E-state index in [2.05, 4.69) is 15.0 Å². The van der Waals surface area contributed by atoms with Crippen LogP contribution in [0.4, 0.5) is 0 Å². The number of carbonyl (C=O) groups is 1. The van der Waals surface area contributed by atoms with Crippen LogP contribution in [0, 0.1) is 6.92 Å². The molecule has 3 heterocycles. The Hall–Kier alpha value is -2.66. The van der Waals surface area contributed by atoms with Crippen LogP contribution in [0.3, 0.4) is 0 Å². The summed E-state index contributed by atoms with van der Waals surface area (Å²) in [4.78, 5) is 35.7. The summed E-state index contributed by atoms with van der Waals surface area (Å²) < 4.78 is 24.8. The van der Waals surface area contributed by atoms with Crippen LogP contribution in [-0.4, -0.2) is 45.3 Å². The van der Waals surface area contributed by atoms with Gasteiger partial charge in [-0.3, -0.25) is 9.36 Å². The minimum absolute atomic E-state index is 0.00660. The minimum atomic E-state index is -3.71. The van der Waals surface area contributed by atoms with Crippen molar-refractivity contribution in [3.8, 4) is 5.13 Å². The van der Waals surface area contributed by atoms with Crippen LogP contribution in [0.2, 0.25) is 0 Å². The Kier molecular flexibility index (Phi) is 3.68. The summed E-state index contributed by atoms with van der Waals surface area (Å²) in [6.45, 7) is 1.43. The van der Waals surface area contributed by atoms with Gasteiger partial charge in [-0.25, -0.2) is 23.2 Å². The highest BCUT2D eigenvalue weighted by Crippen LogP contribution is 2.20. The van der Waals surface area contributed by atoms with Gasteiger partial charge in [0, 0.05) is 24.0 Å². The van der Waals surface area contributed by atoms with Crippen molar-refractivity contribution in [1.29, 1.82) is 0 Å². The van der Waals surface area contributed by atoms with Gasteiger partial charge in [-0.2, -0.15) is 4.98 Å². The van der Waals surface area contributed by atoms with Crippen LogP contribution in [0.25, 0.3) is 16.2 Å². The Morgan fingerprint density at radius 2 is 2.04 bits per heavy atom. The molecule has 0 fully saturated rings. The topological polar surface area (TPSA) is 132 Å².